The summed E-state index contributed by atoms with van der Waals surface area (Å²) in [5.74, 6) is 0.318. The molecule has 0 radical (unpaired) electrons. The van der Waals surface area contributed by atoms with Gasteiger partial charge in [0.25, 0.3) is 0 Å². The molecular formula is C12H18BrN5O. The summed E-state index contributed by atoms with van der Waals surface area (Å²) in [5, 5.41) is 6.97. The van der Waals surface area contributed by atoms with Gasteiger partial charge < -0.3 is 15.5 Å². The maximum Gasteiger partial charge on any atom is 0.150 e. The van der Waals surface area contributed by atoms with Gasteiger partial charge in [-0.15, -0.1) is 0 Å². The molecule has 1 fully saturated rings. The molecule has 104 valence electrons. The van der Waals surface area contributed by atoms with Gasteiger partial charge in [0.15, 0.2) is 0 Å². The van der Waals surface area contributed by atoms with E-state index in [1.807, 2.05) is 6.92 Å². The smallest absolute Gasteiger partial charge is 0.150 e. The number of aromatic amines is 1. The number of nitrogens with zero attached hydrogens (tertiary/aromatic N) is 2. The first-order chi connectivity index (χ1) is 9.13. The highest BCUT2D eigenvalue weighted by atomic mass is 79.9. The van der Waals surface area contributed by atoms with Gasteiger partial charge in [-0.2, -0.15) is 0 Å². The second-order valence-corrected chi connectivity index (χ2v) is 5.24. The normalized spacial score (nSPS) is 17.7. The fraction of sp³-hybridized carbons (Fsp3) is 0.500. The Morgan fingerprint density at radius 1 is 1.58 bits per heavy atom. The molecule has 19 heavy (non-hydrogen) atoms. The van der Waals surface area contributed by atoms with Gasteiger partial charge in [-0.05, 0) is 28.4 Å². The zero-order chi connectivity index (χ0) is 13.8. The minimum Gasteiger partial charge on any atom is -0.382 e. The first-order valence-corrected chi connectivity index (χ1v) is 6.92. The Morgan fingerprint density at radius 2 is 2.26 bits per heavy atom. The van der Waals surface area contributed by atoms with Gasteiger partial charge in [-0.3, -0.25) is 10.3 Å². The van der Waals surface area contributed by atoms with Gasteiger partial charge in [0.2, 0.25) is 0 Å². The van der Waals surface area contributed by atoms with E-state index in [9.17, 15) is 0 Å². The van der Waals surface area contributed by atoms with Crippen molar-refractivity contribution in [3.05, 3.63) is 21.4 Å². The Bertz CT molecular complexity index is 491. The number of nitrogens with one attached hydrogen (secondary N) is 2. The fourth-order valence-corrected chi connectivity index (χ4v) is 2.61. The van der Waals surface area contributed by atoms with Crippen molar-refractivity contribution in [1.29, 1.82) is 5.41 Å². The molecule has 6 nitrogen and oxygen atoms in total. The predicted octanol–water partition coefficient (Wildman–Crippen LogP) is 1.23. The number of hydrogen-bond acceptors (Lipinski definition) is 3. The van der Waals surface area contributed by atoms with Crippen LogP contribution in [-0.2, 0) is 11.3 Å². The average molecular weight is 328 g/mol. The van der Waals surface area contributed by atoms with Crippen LogP contribution in [0.25, 0.3) is 0 Å². The van der Waals surface area contributed by atoms with E-state index in [0.717, 1.165) is 60.6 Å². The molecule has 0 aliphatic carbocycles. The van der Waals surface area contributed by atoms with Gasteiger partial charge in [0.1, 0.15) is 12.2 Å². The number of rotatable bonds is 4. The summed E-state index contributed by atoms with van der Waals surface area (Å²) in [4.78, 5) is 9.43. The Kier molecular flexibility index (Phi) is 4.73. The first-order valence-electron chi connectivity index (χ1n) is 6.13. The van der Waals surface area contributed by atoms with E-state index in [4.69, 9.17) is 15.9 Å². The van der Waals surface area contributed by atoms with Crippen molar-refractivity contribution in [2.24, 2.45) is 10.7 Å². The Hall–Kier alpha value is -1.18. The molecular weight excluding hydrogens is 310 g/mol. The molecule has 0 amide bonds. The second kappa shape index (κ2) is 6.31. The van der Waals surface area contributed by atoms with E-state index >= 15 is 0 Å². The van der Waals surface area contributed by atoms with Crippen LogP contribution in [0.4, 0.5) is 0 Å². The molecule has 0 saturated carbocycles. The first kappa shape index (κ1) is 14.2. The lowest BCUT2D eigenvalue weighted by atomic mass is 10.2. The molecule has 7 heteroatoms. The third kappa shape index (κ3) is 3.23. The van der Waals surface area contributed by atoms with E-state index < -0.39 is 0 Å². The number of hydrogen-bond donors (Lipinski definition) is 3. The molecule has 2 rings (SSSR count). The van der Waals surface area contributed by atoms with Crippen LogP contribution in [0, 0.1) is 12.3 Å². The SMILES string of the molecule is Cc1c(CN2CCOCC2)[nH]c(C(N)=NC=N)c1Br. The van der Waals surface area contributed by atoms with Crippen LogP contribution in [0.3, 0.4) is 0 Å². The van der Waals surface area contributed by atoms with Crippen molar-refractivity contribution >= 4 is 28.1 Å². The summed E-state index contributed by atoms with van der Waals surface area (Å²) < 4.78 is 6.26. The molecule has 1 saturated heterocycles. The highest BCUT2D eigenvalue weighted by Gasteiger charge is 2.18. The molecule has 4 N–H and O–H groups in total. The summed E-state index contributed by atoms with van der Waals surface area (Å²) in [5.41, 5.74) is 8.81. The topological polar surface area (TPSA) is 90.5 Å². The minimum atomic E-state index is 0.318. The molecule has 1 aromatic rings. The molecule has 0 aromatic carbocycles. The number of aliphatic imine (C=N–C) groups is 1. The Morgan fingerprint density at radius 3 is 2.89 bits per heavy atom. The van der Waals surface area contributed by atoms with Crippen molar-refractivity contribution in [3.63, 3.8) is 0 Å². The lowest BCUT2D eigenvalue weighted by Crippen LogP contribution is -2.35. The predicted molar refractivity (Wildman–Crippen MR) is 78.8 cm³/mol. The van der Waals surface area contributed by atoms with E-state index in [1.54, 1.807) is 0 Å². The molecule has 0 atom stereocenters. The van der Waals surface area contributed by atoms with Gasteiger partial charge in [0, 0.05) is 29.8 Å². The minimum absolute atomic E-state index is 0.318. The standard InChI is InChI=1S/C12H18BrN5O/c1-8-9(6-18-2-4-19-5-3-18)17-11(10(8)13)12(15)16-7-14/h7,17H,2-6H2,1H3,(H3,14,15,16). The Labute approximate surface area is 120 Å². The van der Waals surface area contributed by atoms with E-state index in [1.165, 1.54) is 0 Å². The van der Waals surface area contributed by atoms with Crippen molar-refractivity contribution in [1.82, 2.24) is 9.88 Å². The van der Waals surface area contributed by atoms with Gasteiger partial charge in [-0.25, -0.2) is 4.99 Å². The lowest BCUT2D eigenvalue weighted by molar-refractivity contribution is 0.0336. The second-order valence-electron chi connectivity index (χ2n) is 4.45. The molecule has 1 aromatic heterocycles. The van der Waals surface area contributed by atoms with Gasteiger partial charge >= 0.3 is 0 Å². The number of nitrogens with two attached hydrogens (primary N) is 1. The van der Waals surface area contributed by atoms with E-state index in [2.05, 4.69) is 30.8 Å². The van der Waals surface area contributed by atoms with Gasteiger partial charge in [-0.1, -0.05) is 0 Å². The van der Waals surface area contributed by atoms with Crippen LogP contribution < -0.4 is 5.73 Å². The lowest BCUT2D eigenvalue weighted by Gasteiger charge is -2.26. The summed E-state index contributed by atoms with van der Waals surface area (Å²) in [6.45, 7) is 6.32. The van der Waals surface area contributed by atoms with Crippen molar-refractivity contribution in [2.45, 2.75) is 13.5 Å². The van der Waals surface area contributed by atoms with Crippen molar-refractivity contribution < 1.29 is 4.74 Å². The van der Waals surface area contributed by atoms with E-state index in [-0.39, 0.29) is 0 Å². The Balaban J connectivity index is 2.19. The molecule has 1 aliphatic heterocycles. The summed E-state index contributed by atoms with van der Waals surface area (Å²) in [7, 11) is 0. The number of amidine groups is 1. The molecule has 1 aliphatic rings. The van der Waals surface area contributed by atoms with Crippen LogP contribution in [0.5, 0.6) is 0 Å². The number of ether oxygens (including phenoxy) is 1. The maximum atomic E-state index is 6.97. The highest BCUT2D eigenvalue weighted by molar-refractivity contribution is 9.10. The highest BCUT2D eigenvalue weighted by Crippen LogP contribution is 2.25. The largest absolute Gasteiger partial charge is 0.382 e. The van der Waals surface area contributed by atoms with Gasteiger partial charge in [0.05, 0.1) is 18.9 Å². The number of H-pyrrole nitrogens is 1. The zero-order valence-electron chi connectivity index (χ0n) is 10.9. The molecule has 0 unspecified atom stereocenters. The monoisotopic (exact) mass is 327 g/mol. The summed E-state index contributed by atoms with van der Waals surface area (Å²) in [6, 6.07) is 0. The van der Waals surface area contributed by atoms with Crippen LogP contribution in [-0.4, -0.2) is 48.4 Å². The zero-order valence-corrected chi connectivity index (χ0v) is 12.5. The van der Waals surface area contributed by atoms with Crippen LogP contribution >= 0.6 is 15.9 Å². The van der Waals surface area contributed by atoms with E-state index in [0.29, 0.717) is 5.84 Å². The average Bonchev–Trinajstić information content (AvgIpc) is 2.69. The molecule has 0 bridgehead atoms. The summed E-state index contributed by atoms with van der Waals surface area (Å²) in [6.07, 6.45) is 0.944. The quantitative estimate of drug-likeness (QED) is 0.573. The van der Waals surface area contributed by atoms with Crippen LogP contribution in [0.15, 0.2) is 9.47 Å². The van der Waals surface area contributed by atoms with Crippen molar-refractivity contribution in [2.75, 3.05) is 26.3 Å². The number of halogens is 1. The van der Waals surface area contributed by atoms with Crippen molar-refractivity contribution in [3.8, 4) is 0 Å². The molecule has 2 heterocycles. The maximum absolute atomic E-state index is 6.97. The molecule has 0 spiro atoms. The third-order valence-corrected chi connectivity index (χ3v) is 4.21. The van der Waals surface area contributed by atoms with Crippen LogP contribution in [0.2, 0.25) is 0 Å². The number of aromatic nitrogens is 1. The summed E-state index contributed by atoms with van der Waals surface area (Å²) >= 11 is 3.53. The fourth-order valence-electron chi connectivity index (χ4n) is 2.07. The number of morpholine rings is 1. The third-order valence-electron chi connectivity index (χ3n) is 3.22. The van der Waals surface area contributed by atoms with Crippen LogP contribution in [0.1, 0.15) is 17.0 Å².